The summed E-state index contributed by atoms with van der Waals surface area (Å²) >= 11 is 10.5. The van der Waals surface area contributed by atoms with Gasteiger partial charge < -0.3 is 5.11 Å². The summed E-state index contributed by atoms with van der Waals surface area (Å²) in [5.41, 5.74) is 2.16. The molecule has 2 aromatic carbocycles. The van der Waals surface area contributed by atoms with E-state index >= 15 is 0 Å². The highest BCUT2D eigenvalue weighted by molar-refractivity contribution is 9.10. The van der Waals surface area contributed by atoms with Crippen LogP contribution in [0.3, 0.4) is 0 Å². The van der Waals surface area contributed by atoms with Crippen molar-refractivity contribution in [2.75, 3.05) is 0 Å². The highest BCUT2D eigenvalue weighted by Gasteiger charge is 2.17. The molecule has 3 rings (SSSR count). The number of halogens is 2. The van der Waals surface area contributed by atoms with Gasteiger partial charge in [-0.15, -0.1) is 11.3 Å². The number of amides is 1. The Morgan fingerprint density at radius 2 is 2.12 bits per heavy atom. The topological polar surface area (TPSA) is 105 Å². The van der Waals surface area contributed by atoms with Gasteiger partial charge in [-0.2, -0.15) is 5.10 Å². The Bertz CT molecular complexity index is 1070. The number of nitrogens with zero attached hydrogens (tertiary/aromatic N) is 2. The van der Waals surface area contributed by atoms with Gasteiger partial charge in [-0.3, -0.25) is 14.9 Å². The van der Waals surface area contributed by atoms with Crippen LogP contribution in [0.15, 0.2) is 46.0 Å². The van der Waals surface area contributed by atoms with Crippen LogP contribution in [0.25, 0.3) is 10.1 Å². The van der Waals surface area contributed by atoms with Crippen LogP contribution in [0, 0.1) is 10.1 Å². The Morgan fingerprint density at radius 1 is 1.38 bits per heavy atom. The lowest BCUT2D eigenvalue weighted by Gasteiger charge is -2.02. The Hall–Kier alpha value is -2.49. The first-order valence-electron chi connectivity index (χ1n) is 7.06. The van der Waals surface area contributed by atoms with Crippen molar-refractivity contribution in [3.8, 4) is 5.75 Å². The van der Waals surface area contributed by atoms with Gasteiger partial charge in [0.2, 0.25) is 0 Å². The van der Waals surface area contributed by atoms with Crippen LogP contribution in [0.4, 0.5) is 5.69 Å². The number of rotatable bonds is 4. The minimum absolute atomic E-state index is 0.0776. The number of benzene rings is 2. The Kier molecular flexibility index (Phi) is 5.21. The summed E-state index contributed by atoms with van der Waals surface area (Å²) in [4.78, 5) is 22.9. The summed E-state index contributed by atoms with van der Waals surface area (Å²) in [6.07, 6.45) is 1.12. The molecule has 0 radical (unpaired) electrons. The zero-order valence-electron chi connectivity index (χ0n) is 12.8. The molecule has 0 spiro atoms. The molecule has 0 bridgehead atoms. The van der Waals surface area contributed by atoms with Gasteiger partial charge in [0.1, 0.15) is 10.6 Å². The van der Waals surface area contributed by atoms with Crippen LogP contribution in [-0.2, 0) is 0 Å². The van der Waals surface area contributed by atoms with E-state index in [0.717, 1.165) is 22.4 Å². The van der Waals surface area contributed by atoms with E-state index in [4.69, 9.17) is 11.6 Å². The van der Waals surface area contributed by atoms with Crippen molar-refractivity contribution in [1.82, 2.24) is 5.43 Å². The Labute approximate surface area is 164 Å². The van der Waals surface area contributed by atoms with Gasteiger partial charge in [0.15, 0.2) is 0 Å². The standard InChI is InChI=1S/C16H9BrClN3O4S/c17-11-6-9(21(24)25)5-8(14(11)22)7-19-20-16(23)15-13(18)10-3-1-2-4-12(10)26-15/h1-7,22H,(H,20,23)/b19-7-. The van der Waals surface area contributed by atoms with Crippen LogP contribution < -0.4 is 5.43 Å². The number of phenolic OH excluding ortho intramolecular Hbond substituents is 1. The van der Waals surface area contributed by atoms with Crippen molar-refractivity contribution >= 4 is 66.8 Å². The smallest absolute Gasteiger partial charge is 0.283 e. The molecule has 1 heterocycles. The quantitative estimate of drug-likeness (QED) is 0.339. The van der Waals surface area contributed by atoms with Gasteiger partial charge in [-0.25, -0.2) is 5.43 Å². The van der Waals surface area contributed by atoms with Crippen LogP contribution in [0.1, 0.15) is 15.2 Å². The van der Waals surface area contributed by atoms with Crippen molar-refractivity contribution in [2.45, 2.75) is 0 Å². The molecule has 0 fully saturated rings. The predicted molar refractivity (Wildman–Crippen MR) is 104 cm³/mol. The van der Waals surface area contributed by atoms with Crippen molar-refractivity contribution in [2.24, 2.45) is 5.10 Å². The van der Waals surface area contributed by atoms with Gasteiger partial charge in [0.05, 0.1) is 20.6 Å². The lowest BCUT2D eigenvalue weighted by molar-refractivity contribution is -0.385. The number of nitrogens with one attached hydrogen (secondary N) is 1. The number of aromatic hydroxyl groups is 1. The molecule has 132 valence electrons. The van der Waals surface area contributed by atoms with Gasteiger partial charge in [0, 0.05) is 27.8 Å². The summed E-state index contributed by atoms with van der Waals surface area (Å²) in [7, 11) is 0. The lowest BCUT2D eigenvalue weighted by atomic mass is 10.2. The van der Waals surface area contributed by atoms with E-state index in [1.54, 1.807) is 0 Å². The number of thiophene rings is 1. The number of hydrogen-bond acceptors (Lipinski definition) is 6. The molecule has 0 aliphatic rings. The second kappa shape index (κ2) is 7.40. The Balaban J connectivity index is 1.83. The number of hydrazone groups is 1. The maximum absolute atomic E-state index is 12.3. The molecule has 10 heteroatoms. The van der Waals surface area contributed by atoms with Gasteiger partial charge in [0.25, 0.3) is 11.6 Å². The SMILES string of the molecule is O=C(N/N=C\c1cc([N+](=O)[O-])cc(Br)c1O)c1sc2ccccc2c1Cl. The van der Waals surface area contributed by atoms with Crippen LogP contribution in [-0.4, -0.2) is 22.2 Å². The number of fused-ring (bicyclic) bond motifs is 1. The number of carbonyl (C=O) groups excluding carboxylic acids is 1. The summed E-state index contributed by atoms with van der Waals surface area (Å²) < 4.78 is 1.01. The van der Waals surface area contributed by atoms with E-state index in [1.807, 2.05) is 24.3 Å². The number of hydrogen-bond donors (Lipinski definition) is 2. The predicted octanol–water partition coefficient (Wildman–Crippen LogP) is 4.69. The van der Waals surface area contributed by atoms with E-state index in [9.17, 15) is 20.0 Å². The number of nitro groups is 1. The minimum atomic E-state index is -0.600. The van der Waals surface area contributed by atoms with Gasteiger partial charge >= 0.3 is 0 Å². The molecule has 7 nitrogen and oxygen atoms in total. The number of phenols is 1. The molecule has 0 saturated heterocycles. The van der Waals surface area contributed by atoms with Crippen LogP contribution in [0.2, 0.25) is 5.02 Å². The zero-order valence-corrected chi connectivity index (χ0v) is 15.9. The maximum atomic E-state index is 12.3. The first-order chi connectivity index (χ1) is 12.4. The second-order valence-corrected chi connectivity index (χ2v) is 7.35. The molecule has 0 aliphatic carbocycles. The minimum Gasteiger partial charge on any atom is -0.506 e. The second-order valence-electron chi connectivity index (χ2n) is 5.06. The highest BCUT2D eigenvalue weighted by atomic mass is 79.9. The van der Waals surface area contributed by atoms with Gasteiger partial charge in [-0.1, -0.05) is 29.8 Å². The van der Waals surface area contributed by atoms with Crippen molar-refractivity contribution in [3.63, 3.8) is 0 Å². The first-order valence-corrected chi connectivity index (χ1v) is 9.04. The van der Waals surface area contributed by atoms with Gasteiger partial charge in [-0.05, 0) is 22.0 Å². The molecule has 2 N–H and O–H groups in total. The highest BCUT2D eigenvalue weighted by Crippen LogP contribution is 2.35. The fourth-order valence-electron chi connectivity index (χ4n) is 2.18. The number of carbonyl (C=O) groups is 1. The molecule has 0 saturated carbocycles. The Morgan fingerprint density at radius 3 is 2.81 bits per heavy atom. The van der Waals surface area contributed by atoms with Crippen LogP contribution >= 0.6 is 38.9 Å². The molecule has 26 heavy (non-hydrogen) atoms. The summed E-state index contributed by atoms with van der Waals surface area (Å²) in [6, 6.07) is 9.64. The van der Waals surface area contributed by atoms with Crippen LogP contribution in [0.5, 0.6) is 5.75 Å². The molecular weight excluding hydrogens is 446 g/mol. The summed E-state index contributed by atoms with van der Waals surface area (Å²) in [6.45, 7) is 0. The molecule has 1 amide bonds. The van der Waals surface area contributed by atoms with Crippen molar-refractivity contribution < 1.29 is 14.8 Å². The monoisotopic (exact) mass is 453 g/mol. The number of nitro benzene ring substituents is 1. The first kappa shape index (κ1) is 18.3. The molecular formula is C16H9BrClN3O4S. The molecule has 0 atom stereocenters. The fraction of sp³-hybridized carbons (Fsp3) is 0. The third kappa shape index (κ3) is 3.55. The average molecular weight is 455 g/mol. The fourth-order valence-corrected chi connectivity index (χ4v) is 4.05. The lowest BCUT2D eigenvalue weighted by Crippen LogP contribution is -2.16. The van der Waals surface area contributed by atoms with E-state index in [0.29, 0.717) is 9.90 Å². The van der Waals surface area contributed by atoms with E-state index in [1.165, 1.54) is 17.4 Å². The van der Waals surface area contributed by atoms with Crippen molar-refractivity contribution in [3.05, 3.63) is 66.4 Å². The normalized spacial score (nSPS) is 11.2. The summed E-state index contributed by atoms with van der Waals surface area (Å²) in [5, 5.41) is 25.7. The van der Waals surface area contributed by atoms with E-state index < -0.39 is 10.8 Å². The summed E-state index contributed by atoms with van der Waals surface area (Å²) in [5.74, 6) is -0.745. The largest absolute Gasteiger partial charge is 0.506 e. The molecule has 1 aromatic heterocycles. The maximum Gasteiger partial charge on any atom is 0.283 e. The third-order valence-electron chi connectivity index (χ3n) is 3.40. The third-order valence-corrected chi connectivity index (χ3v) is 5.68. The van der Waals surface area contributed by atoms with E-state index in [2.05, 4.69) is 26.5 Å². The molecule has 0 unspecified atom stereocenters. The molecule has 3 aromatic rings. The van der Waals surface area contributed by atoms with Crippen molar-refractivity contribution in [1.29, 1.82) is 0 Å². The zero-order chi connectivity index (χ0) is 18.8. The number of non-ortho nitro benzene ring substituents is 1. The van der Waals surface area contributed by atoms with E-state index in [-0.39, 0.29) is 21.5 Å². The molecule has 0 aliphatic heterocycles. The average Bonchev–Trinajstić information content (AvgIpc) is 2.95.